The molecular formula is C8H9BrO2. The fourth-order valence-corrected chi connectivity index (χ4v) is 1.44. The number of aliphatic hydroxyl groups is 1. The van der Waals surface area contributed by atoms with Crippen molar-refractivity contribution in [3.8, 4) is 0 Å². The molecule has 1 heterocycles. The molecule has 0 amide bonds. The van der Waals surface area contributed by atoms with Crippen molar-refractivity contribution in [1.82, 2.24) is 0 Å². The number of furan rings is 1. The largest absolute Gasteiger partial charge is 0.468 e. The first kappa shape index (κ1) is 7.37. The minimum absolute atomic E-state index is 0.447. The van der Waals surface area contributed by atoms with Gasteiger partial charge in [-0.05, 0) is 34.8 Å². The summed E-state index contributed by atoms with van der Waals surface area (Å²) in [6, 6.07) is 1.90. The van der Waals surface area contributed by atoms with Gasteiger partial charge >= 0.3 is 0 Å². The molecule has 60 valence electrons. The normalized spacial score (nSPS) is 20.2. The maximum absolute atomic E-state index is 9.52. The summed E-state index contributed by atoms with van der Waals surface area (Å²) >= 11 is 3.28. The highest BCUT2D eigenvalue weighted by atomic mass is 79.9. The topological polar surface area (TPSA) is 33.4 Å². The molecule has 0 spiro atoms. The van der Waals surface area contributed by atoms with Crippen LogP contribution in [0.2, 0.25) is 0 Å². The third-order valence-corrected chi connectivity index (χ3v) is 2.37. The van der Waals surface area contributed by atoms with Crippen molar-refractivity contribution in [2.24, 2.45) is 0 Å². The molecule has 0 radical (unpaired) electrons. The highest BCUT2D eigenvalue weighted by Crippen LogP contribution is 2.38. The Labute approximate surface area is 73.3 Å². The Kier molecular flexibility index (Phi) is 1.58. The van der Waals surface area contributed by atoms with E-state index in [1.54, 1.807) is 6.26 Å². The Balaban J connectivity index is 2.06. The SMILES string of the molecule is OC1(Cc2cc(Br)co2)CC1. The maximum atomic E-state index is 9.52. The van der Waals surface area contributed by atoms with Crippen LogP contribution in [0.5, 0.6) is 0 Å². The predicted octanol–water partition coefficient (Wildman–Crippen LogP) is 2.11. The maximum Gasteiger partial charge on any atom is 0.107 e. The Morgan fingerprint density at radius 1 is 1.64 bits per heavy atom. The lowest BCUT2D eigenvalue weighted by atomic mass is 10.2. The van der Waals surface area contributed by atoms with Gasteiger partial charge in [0, 0.05) is 6.42 Å². The van der Waals surface area contributed by atoms with Crippen molar-refractivity contribution in [2.45, 2.75) is 24.9 Å². The summed E-state index contributed by atoms with van der Waals surface area (Å²) in [5, 5.41) is 9.52. The molecule has 0 unspecified atom stereocenters. The summed E-state index contributed by atoms with van der Waals surface area (Å²) < 4.78 is 6.11. The van der Waals surface area contributed by atoms with Crippen LogP contribution in [0, 0.1) is 0 Å². The highest BCUT2D eigenvalue weighted by molar-refractivity contribution is 9.10. The van der Waals surface area contributed by atoms with Crippen LogP contribution in [0.15, 0.2) is 21.2 Å². The molecule has 0 aliphatic heterocycles. The Morgan fingerprint density at radius 2 is 2.36 bits per heavy atom. The predicted molar refractivity (Wildman–Crippen MR) is 44.3 cm³/mol. The van der Waals surface area contributed by atoms with E-state index in [0.29, 0.717) is 6.42 Å². The quantitative estimate of drug-likeness (QED) is 0.822. The summed E-state index contributed by atoms with van der Waals surface area (Å²) in [5.41, 5.74) is -0.447. The van der Waals surface area contributed by atoms with Gasteiger partial charge in [-0.25, -0.2) is 0 Å². The molecule has 0 aromatic carbocycles. The summed E-state index contributed by atoms with van der Waals surface area (Å²) in [6.07, 6.45) is 4.11. The van der Waals surface area contributed by atoms with Gasteiger partial charge in [0.25, 0.3) is 0 Å². The third kappa shape index (κ3) is 1.65. The smallest absolute Gasteiger partial charge is 0.107 e. The molecule has 1 saturated carbocycles. The van der Waals surface area contributed by atoms with Crippen molar-refractivity contribution >= 4 is 15.9 Å². The van der Waals surface area contributed by atoms with E-state index in [1.807, 2.05) is 6.07 Å². The molecule has 1 aliphatic rings. The van der Waals surface area contributed by atoms with E-state index in [2.05, 4.69) is 15.9 Å². The van der Waals surface area contributed by atoms with E-state index in [4.69, 9.17) is 4.42 Å². The molecule has 2 rings (SSSR count). The molecule has 1 N–H and O–H groups in total. The second-order valence-electron chi connectivity index (χ2n) is 3.13. The van der Waals surface area contributed by atoms with E-state index in [9.17, 15) is 5.11 Å². The molecule has 0 saturated heterocycles. The number of hydrogen-bond donors (Lipinski definition) is 1. The summed E-state index contributed by atoms with van der Waals surface area (Å²) in [4.78, 5) is 0. The average Bonchev–Trinajstić information content (AvgIpc) is 2.49. The highest BCUT2D eigenvalue weighted by Gasteiger charge is 2.41. The van der Waals surface area contributed by atoms with Crippen molar-refractivity contribution in [3.63, 3.8) is 0 Å². The fourth-order valence-electron chi connectivity index (χ4n) is 1.09. The first-order chi connectivity index (χ1) is 5.18. The van der Waals surface area contributed by atoms with E-state index in [1.165, 1.54) is 0 Å². The average molecular weight is 217 g/mol. The lowest BCUT2D eigenvalue weighted by Crippen LogP contribution is -2.09. The van der Waals surface area contributed by atoms with Crippen molar-refractivity contribution in [3.05, 3.63) is 22.6 Å². The molecule has 1 fully saturated rings. The van der Waals surface area contributed by atoms with Crippen LogP contribution < -0.4 is 0 Å². The standard InChI is InChI=1S/C8H9BrO2/c9-6-3-7(11-5-6)4-8(10)1-2-8/h3,5,10H,1-2,4H2. The molecule has 1 aromatic heterocycles. The third-order valence-electron chi connectivity index (χ3n) is 1.95. The summed E-state index contributed by atoms with van der Waals surface area (Å²) in [6.45, 7) is 0. The van der Waals surface area contributed by atoms with Gasteiger partial charge in [-0.3, -0.25) is 0 Å². The zero-order valence-electron chi connectivity index (χ0n) is 6.01. The zero-order chi connectivity index (χ0) is 7.90. The van der Waals surface area contributed by atoms with E-state index in [-0.39, 0.29) is 0 Å². The lowest BCUT2D eigenvalue weighted by molar-refractivity contribution is 0.143. The minimum Gasteiger partial charge on any atom is -0.468 e. The van der Waals surface area contributed by atoms with Gasteiger partial charge in [-0.2, -0.15) is 0 Å². The molecule has 3 heteroatoms. The lowest BCUT2D eigenvalue weighted by Gasteiger charge is -2.02. The van der Waals surface area contributed by atoms with Gasteiger partial charge in [-0.1, -0.05) is 0 Å². The van der Waals surface area contributed by atoms with E-state index < -0.39 is 5.60 Å². The van der Waals surface area contributed by atoms with E-state index in [0.717, 1.165) is 23.1 Å². The minimum atomic E-state index is -0.447. The first-order valence-electron chi connectivity index (χ1n) is 3.63. The number of halogens is 1. The van der Waals surface area contributed by atoms with Gasteiger partial charge in [0.2, 0.25) is 0 Å². The second kappa shape index (κ2) is 2.35. The van der Waals surface area contributed by atoms with Gasteiger partial charge in [-0.15, -0.1) is 0 Å². The summed E-state index contributed by atoms with van der Waals surface area (Å²) in [7, 11) is 0. The molecule has 0 bridgehead atoms. The monoisotopic (exact) mass is 216 g/mol. The molecule has 0 atom stereocenters. The van der Waals surface area contributed by atoms with E-state index >= 15 is 0 Å². The van der Waals surface area contributed by atoms with Crippen LogP contribution in [0.4, 0.5) is 0 Å². The van der Waals surface area contributed by atoms with Crippen LogP contribution in [-0.4, -0.2) is 10.7 Å². The van der Waals surface area contributed by atoms with Crippen molar-refractivity contribution in [2.75, 3.05) is 0 Å². The van der Waals surface area contributed by atoms with Crippen LogP contribution in [0.3, 0.4) is 0 Å². The molecule has 11 heavy (non-hydrogen) atoms. The van der Waals surface area contributed by atoms with Gasteiger partial charge in [0.15, 0.2) is 0 Å². The van der Waals surface area contributed by atoms with Crippen molar-refractivity contribution in [1.29, 1.82) is 0 Å². The fraction of sp³-hybridized carbons (Fsp3) is 0.500. The molecule has 1 aliphatic carbocycles. The summed E-state index contributed by atoms with van der Waals surface area (Å²) in [5.74, 6) is 0.858. The van der Waals surface area contributed by atoms with Gasteiger partial charge in [0.05, 0.1) is 10.1 Å². The Morgan fingerprint density at radius 3 is 2.82 bits per heavy atom. The second-order valence-corrected chi connectivity index (χ2v) is 4.05. The molecule has 1 aromatic rings. The van der Waals surface area contributed by atoms with Crippen LogP contribution in [-0.2, 0) is 6.42 Å². The molecular weight excluding hydrogens is 208 g/mol. The number of hydrogen-bond acceptors (Lipinski definition) is 2. The Hall–Kier alpha value is -0.280. The Bertz CT molecular complexity index is 263. The van der Waals surface area contributed by atoms with Crippen LogP contribution in [0.25, 0.3) is 0 Å². The first-order valence-corrected chi connectivity index (χ1v) is 4.43. The molecule has 2 nitrogen and oxygen atoms in total. The van der Waals surface area contributed by atoms with Crippen LogP contribution in [0.1, 0.15) is 18.6 Å². The number of rotatable bonds is 2. The van der Waals surface area contributed by atoms with Crippen molar-refractivity contribution < 1.29 is 9.52 Å². The van der Waals surface area contributed by atoms with Crippen LogP contribution >= 0.6 is 15.9 Å². The zero-order valence-corrected chi connectivity index (χ0v) is 7.60. The van der Waals surface area contributed by atoms with Gasteiger partial charge < -0.3 is 9.52 Å². The van der Waals surface area contributed by atoms with Gasteiger partial charge in [0.1, 0.15) is 12.0 Å².